The molecule has 0 spiro atoms. The molecule has 2 rings (SSSR count). The highest BCUT2D eigenvalue weighted by atomic mass is 32.2. The van der Waals surface area contributed by atoms with Crippen LogP contribution < -0.4 is 5.32 Å². The first kappa shape index (κ1) is 17.5. The molecule has 1 saturated heterocycles. The highest BCUT2D eigenvalue weighted by Gasteiger charge is 2.35. The normalized spacial score (nSPS) is 24.0. The van der Waals surface area contributed by atoms with Crippen molar-refractivity contribution >= 4 is 10.0 Å². The number of rotatable bonds is 6. The van der Waals surface area contributed by atoms with Gasteiger partial charge < -0.3 is 9.73 Å². The second-order valence-electron chi connectivity index (χ2n) is 6.41. The Hall–Kier alpha value is -0.850. The van der Waals surface area contributed by atoms with E-state index < -0.39 is 10.0 Å². The Morgan fingerprint density at radius 3 is 2.68 bits per heavy atom. The molecular formula is C16H28N2O3S. The van der Waals surface area contributed by atoms with Crippen molar-refractivity contribution in [2.75, 3.05) is 13.1 Å². The third kappa shape index (κ3) is 3.91. The van der Waals surface area contributed by atoms with Crippen LogP contribution in [0.3, 0.4) is 0 Å². The van der Waals surface area contributed by atoms with E-state index in [1.54, 1.807) is 18.2 Å². The molecular weight excluding hydrogens is 300 g/mol. The zero-order chi connectivity index (χ0) is 16.3. The van der Waals surface area contributed by atoms with Crippen LogP contribution in [0.2, 0.25) is 0 Å². The van der Waals surface area contributed by atoms with E-state index in [1.165, 1.54) is 0 Å². The molecule has 1 aliphatic heterocycles. The predicted molar refractivity (Wildman–Crippen MR) is 88.1 cm³/mol. The summed E-state index contributed by atoms with van der Waals surface area (Å²) in [5, 5.41) is 3.19. The first-order chi connectivity index (χ1) is 10.3. The molecule has 2 atom stereocenters. The highest BCUT2D eigenvalue weighted by Crippen LogP contribution is 2.24. The topological polar surface area (TPSA) is 62.6 Å². The summed E-state index contributed by atoms with van der Waals surface area (Å²) in [5.41, 5.74) is 0. The van der Waals surface area contributed by atoms with Crippen molar-refractivity contribution in [3.63, 3.8) is 0 Å². The van der Waals surface area contributed by atoms with Crippen molar-refractivity contribution in [1.29, 1.82) is 0 Å². The average Bonchev–Trinajstić information content (AvgIpc) is 2.90. The van der Waals surface area contributed by atoms with Crippen LogP contribution in [0.4, 0.5) is 0 Å². The fourth-order valence-corrected chi connectivity index (χ4v) is 4.38. The Kier molecular flexibility index (Phi) is 5.69. The van der Waals surface area contributed by atoms with E-state index in [4.69, 9.17) is 4.42 Å². The summed E-state index contributed by atoms with van der Waals surface area (Å²) in [6.45, 7) is 9.48. The lowest BCUT2D eigenvalue weighted by atomic mass is 9.91. The minimum atomic E-state index is -3.14. The van der Waals surface area contributed by atoms with Gasteiger partial charge in [-0.3, -0.25) is 0 Å². The van der Waals surface area contributed by atoms with Crippen LogP contribution in [0.1, 0.15) is 45.1 Å². The maximum absolute atomic E-state index is 12.3. The molecule has 1 N–H and O–H groups in total. The molecule has 0 amide bonds. The van der Waals surface area contributed by atoms with Gasteiger partial charge >= 0.3 is 0 Å². The second-order valence-corrected chi connectivity index (χ2v) is 8.90. The molecule has 0 aromatic carbocycles. The molecule has 126 valence electrons. The van der Waals surface area contributed by atoms with Gasteiger partial charge in [0.05, 0.1) is 11.8 Å². The Morgan fingerprint density at radius 2 is 2.14 bits per heavy atom. The number of piperidine rings is 1. The predicted octanol–water partition coefficient (Wildman–Crippen LogP) is 2.52. The highest BCUT2D eigenvalue weighted by molar-refractivity contribution is 7.89. The second kappa shape index (κ2) is 7.15. The standard InChI is InChI=1S/C16H28N2O3S/c1-5-14-11-18(22(19,20)12(2)3)9-8-16(14)17-10-15-7-6-13(4)21-15/h6-7,12,14,16-17H,5,8-11H2,1-4H3/t14-,16-/m1/s1. The maximum atomic E-state index is 12.3. The molecule has 2 heterocycles. The molecule has 0 radical (unpaired) electrons. The van der Waals surface area contributed by atoms with Crippen molar-refractivity contribution in [3.8, 4) is 0 Å². The molecule has 0 aliphatic carbocycles. The molecule has 22 heavy (non-hydrogen) atoms. The molecule has 6 heteroatoms. The fraction of sp³-hybridized carbons (Fsp3) is 0.750. The zero-order valence-corrected chi connectivity index (χ0v) is 14.8. The van der Waals surface area contributed by atoms with Gasteiger partial charge in [0.2, 0.25) is 10.0 Å². The van der Waals surface area contributed by atoms with Crippen LogP contribution in [-0.4, -0.2) is 37.1 Å². The number of nitrogens with one attached hydrogen (secondary N) is 1. The monoisotopic (exact) mass is 328 g/mol. The van der Waals surface area contributed by atoms with Crippen molar-refractivity contribution in [3.05, 3.63) is 23.7 Å². The summed E-state index contributed by atoms with van der Waals surface area (Å²) < 4.78 is 31.9. The van der Waals surface area contributed by atoms with Gasteiger partial charge in [0, 0.05) is 19.1 Å². The Bertz CT molecular complexity index is 580. The molecule has 0 unspecified atom stereocenters. The first-order valence-corrected chi connectivity index (χ1v) is 9.62. The number of hydrogen-bond donors (Lipinski definition) is 1. The van der Waals surface area contributed by atoms with E-state index >= 15 is 0 Å². The van der Waals surface area contributed by atoms with Crippen LogP contribution in [0.5, 0.6) is 0 Å². The quantitative estimate of drug-likeness (QED) is 0.871. The van der Waals surface area contributed by atoms with Gasteiger partial charge in [0.25, 0.3) is 0 Å². The number of nitrogens with zero attached hydrogens (tertiary/aromatic N) is 1. The fourth-order valence-electron chi connectivity index (χ4n) is 3.02. The minimum Gasteiger partial charge on any atom is -0.465 e. The zero-order valence-electron chi connectivity index (χ0n) is 14.0. The summed E-state index contributed by atoms with van der Waals surface area (Å²) in [5.74, 6) is 2.20. The minimum absolute atomic E-state index is 0.342. The van der Waals surface area contributed by atoms with Crippen LogP contribution in [0.15, 0.2) is 16.5 Å². The van der Waals surface area contributed by atoms with Gasteiger partial charge in [-0.05, 0) is 45.2 Å². The van der Waals surface area contributed by atoms with E-state index in [0.29, 0.717) is 31.6 Å². The summed E-state index contributed by atoms with van der Waals surface area (Å²) in [6.07, 6.45) is 1.82. The van der Waals surface area contributed by atoms with E-state index in [1.807, 2.05) is 19.1 Å². The summed E-state index contributed by atoms with van der Waals surface area (Å²) >= 11 is 0. The molecule has 0 saturated carbocycles. The van der Waals surface area contributed by atoms with Gasteiger partial charge in [-0.25, -0.2) is 12.7 Å². The van der Waals surface area contributed by atoms with E-state index in [9.17, 15) is 8.42 Å². The lowest BCUT2D eigenvalue weighted by Gasteiger charge is -2.38. The van der Waals surface area contributed by atoms with Gasteiger partial charge in [0.1, 0.15) is 11.5 Å². The molecule has 1 aliphatic rings. The Labute approximate surface area is 134 Å². The third-order valence-corrected chi connectivity index (χ3v) is 6.75. The lowest BCUT2D eigenvalue weighted by molar-refractivity contribution is 0.197. The Morgan fingerprint density at radius 1 is 1.41 bits per heavy atom. The number of sulfonamides is 1. The number of aryl methyl sites for hydroxylation is 1. The van der Waals surface area contributed by atoms with E-state index in [-0.39, 0.29) is 5.25 Å². The largest absolute Gasteiger partial charge is 0.465 e. The summed E-state index contributed by atoms with van der Waals surface area (Å²) in [7, 11) is -3.14. The van der Waals surface area contributed by atoms with Crippen LogP contribution in [-0.2, 0) is 16.6 Å². The van der Waals surface area contributed by atoms with Gasteiger partial charge in [-0.15, -0.1) is 0 Å². The smallest absolute Gasteiger partial charge is 0.216 e. The molecule has 1 fully saturated rings. The maximum Gasteiger partial charge on any atom is 0.216 e. The van der Waals surface area contributed by atoms with E-state index in [2.05, 4.69) is 12.2 Å². The lowest BCUT2D eigenvalue weighted by Crippen LogP contribution is -2.51. The van der Waals surface area contributed by atoms with Gasteiger partial charge in [-0.2, -0.15) is 0 Å². The molecule has 5 nitrogen and oxygen atoms in total. The summed E-state index contributed by atoms with van der Waals surface area (Å²) in [4.78, 5) is 0. The third-order valence-electron chi connectivity index (χ3n) is 4.51. The first-order valence-electron chi connectivity index (χ1n) is 8.12. The van der Waals surface area contributed by atoms with Crippen molar-refractivity contribution < 1.29 is 12.8 Å². The SMILES string of the molecule is CC[C@@H]1CN(S(=O)(=O)C(C)C)CC[C@H]1NCc1ccc(C)o1. The van der Waals surface area contributed by atoms with Crippen LogP contribution in [0.25, 0.3) is 0 Å². The average molecular weight is 328 g/mol. The number of furan rings is 1. The molecule has 1 aromatic rings. The molecule has 0 bridgehead atoms. The molecule has 1 aromatic heterocycles. The van der Waals surface area contributed by atoms with Crippen LogP contribution in [0, 0.1) is 12.8 Å². The van der Waals surface area contributed by atoms with Gasteiger partial charge in [0.15, 0.2) is 0 Å². The van der Waals surface area contributed by atoms with Crippen molar-refractivity contribution in [2.24, 2.45) is 5.92 Å². The number of hydrogen-bond acceptors (Lipinski definition) is 4. The van der Waals surface area contributed by atoms with E-state index in [0.717, 1.165) is 24.4 Å². The Balaban J connectivity index is 1.95. The van der Waals surface area contributed by atoms with Crippen molar-refractivity contribution in [1.82, 2.24) is 9.62 Å². The van der Waals surface area contributed by atoms with Crippen molar-refractivity contribution in [2.45, 2.75) is 58.4 Å². The summed E-state index contributed by atoms with van der Waals surface area (Å²) in [6, 6.07) is 4.29. The van der Waals surface area contributed by atoms with Gasteiger partial charge in [-0.1, -0.05) is 13.3 Å². The van der Waals surface area contributed by atoms with Crippen LogP contribution >= 0.6 is 0 Å².